The molecule has 0 atom stereocenters. The molecule has 0 saturated carbocycles. The number of ether oxygens (including phenoxy) is 1. The van der Waals surface area contributed by atoms with E-state index in [2.05, 4.69) is 4.98 Å². The van der Waals surface area contributed by atoms with E-state index in [1.807, 2.05) is 0 Å². The number of methoxy groups -OCH3 is 1. The number of Topliss-reactive ketones (excluding diaryl/α,β-unsaturated/α-hetero) is 1. The van der Waals surface area contributed by atoms with Crippen LogP contribution in [0, 0.1) is 0 Å². The maximum absolute atomic E-state index is 11.5. The first kappa shape index (κ1) is 10.2. The Morgan fingerprint density at radius 2 is 2.00 bits per heavy atom. The van der Waals surface area contributed by atoms with E-state index in [1.165, 1.54) is 7.11 Å². The van der Waals surface area contributed by atoms with Gasteiger partial charge in [0.25, 0.3) is 5.78 Å². The predicted octanol–water partition coefficient (Wildman–Crippen LogP) is 1.44. The lowest BCUT2D eigenvalue weighted by atomic mass is 10.1. The van der Waals surface area contributed by atoms with Crippen molar-refractivity contribution in [2.45, 2.75) is 0 Å². The molecule has 16 heavy (non-hydrogen) atoms. The third-order valence-corrected chi connectivity index (χ3v) is 2.30. The number of para-hydroxylation sites is 1. The Balaban J connectivity index is 2.74. The molecule has 0 aliphatic rings. The molecule has 0 spiro atoms. The number of aromatic nitrogens is 1. The van der Waals surface area contributed by atoms with Crippen molar-refractivity contribution in [1.29, 1.82) is 0 Å². The summed E-state index contributed by atoms with van der Waals surface area (Å²) in [5.74, 6) is -2.30. The van der Waals surface area contributed by atoms with Crippen LogP contribution in [0.4, 0.5) is 0 Å². The van der Waals surface area contributed by atoms with Gasteiger partial charge in [-0.25, -0.2) is 4.79 Å². The highest BCUT2D eigenvalue weighted by Crippen LogP contribution is 2.28. The van der Waals surface area contributed by atoms with Crippen LogP contribution in [0.25, 0.3) is 10.9 Å². The topological polar surface area (TPSA) is 79.4 Å². The van der Waals surface area contributed by atoms with Crippen LogP contribution in [-0.4, -0.2) is 29.0 Å². The molecule has 1 aromatic carbocycles. The summed E-state index contributed by atoms with van der Waals surface area (Å²) in [6.07, 6.45) is 0. The van der Waals surface area contributed by atoms with Crippen molar-refractivity contribution >= 4 is 22.7 Å². The quantitative estimate of drug-likeness (QED) is 0.604. The van der Waals surface area contributed by atoms with Gasteiger partial charge in [0.05, 0.1) is 12.7 Å². The van der Waals surface area contributed by atoms with Crippen molar-refractivity contribution in [2.75, 3.05) is 7.11 Å². The van der Waals surface area contributed by atoms with Crippen molar-refractivity contribution in [3.8, 4) is 5.88 Å². The molecule has 0 saturated heterocycles. The van der Waals surface area contributed by atoms with Gasteiger partial charge in [-0.15, -0.1) is 0 Å². The average molecular weight is 219 g/mol. The maximum Gasteiger partial charge on any atom is 0.377 e. The monoisotopic (exact) mass is 219 g/mol. The number of aromatic amines is 1. The summed E-state index contributed by atoms with van der Waals surface area (Å²) in [7, 11) is 1.38. The third kappa shape index (κ3) is 1.42. The highest BCUT2D eigenvalue weighted by molar-refractivity contribution is 6.43. The summed E-state index contributed by atoms with van der Waals surface area (Å²) in [4.78, 5) is 25.0. The summed E-state index contributed by atoms with van der Waals surface area (Å²) >= 11 is 0. The number of fused-ring (bicyclic) bond motifs is 1. The van der Waals surface area contributed by atoms with E-state index in [0.29, 0.717) is 10.9 Å². The van der Waals surface area contributed by atoms with Crippen LogP contribution < -0.4 is 4.74 Å². The molecule has 0 unspecified atom stereocenters. The Kier molecular flexibility index (Phi) is 2.36. The van der Waals surface area contributed by atoms with Gasteiger partial charge in [0, 0.05) is 10.9 Å². The summed E-state index contributed by atoms with van der Waals surface area (Å²) in [6, 6.07) is 6.93. The first-order valence-corrected chi connectivity index (χ1v) is 4.57. The fourth-order valence-corrected chi connectivity index (χ4v) is 1.60. The molecule has 82 valence electrons. The van der Waals surface area contributed by atoms with Crippen molar-refractivity contribution in [3.63, 3.8) is 0 Å². The molecule has 0 amide bonds. The predicted molar refractivity (Wildman–Crippen MR) is 56.8 cm³/mol. The Morgan fingerprint density at radius 1 is 1.31 bits per heavy atom. The highest BCUT2D eigenvalue weighted by Gasteiger charge is 2.24. The molecule has 0 aliphatic carbocycles. The van der Waals surface area contributed by atoms with Gasteiger partial charge in [-0.2, -0.15) is 0 Å². The zero-order valence-electron chi connectivity index (χ0n) is 8.48. The molecule has 1 aromatic heterocycles. The Morgan fingerprint density at radius 3 is 2.62 bits per heavy atom. The minimum atomic E-state index is -1.50. The van der Waals surface area contributed by atoms with Gasteiger partial charge in [-0.1, -0.05) is 18.2 Å². The number of carbonyl (C=O) groups is 2. The van der Waals surface area contributed by atoms with Gasteiger partial charge in [0.2, 0.25) is 5.88 Å². The van der Waals surface area contributed by atoms with Crippen molar-refractivity contribution in [2.24, 2.45) is 0 Å². The minimum absolute atomic E-state index is 0.0607. The summed E-state index contributed by atoms with van der Waals surface area (Å²) < 4.78 is 4.96. The molecule has 0 bridgehead atoms. The number of H-pyrrole nitrogens is 1. The highest BCUT2D eigenvalue weighted by atomic mass is 16.5. The molecular weight excluding hydrogens is 210 g/mol. The largest absolute Gasteiger partial charge is 0.482 e. The Hall–Kier alpha value is -2.30. The summed E-state index contributed by atoms with van der Waals surface area (Å²) in [6.45, 7) is 0. The summed E-state index contributed by atoms with van der Waals surface area (Å²) in [5, 5.41) is 9.26. The maximum atomic E-state index is 11.5. The molecule has 0 aliphatic heterocycles. The van der Waals surface area contributed by atoms with E-state index < -0.39 is 11.8 Å². The lowest BCUT2D eigenvalue weighted by molar-refractivity contribution is -0.131. The summed E-state index contributed by atoms with van der Waals surface area (Å²) in [5.41, 5.74) is 0.731. The van der Waals surface area contributed by atoms with Gasteiger partial charge < -0.3 is 14.8 Å². The number of hydrogen-bond donors (Lipinski definition) is 2. The molecular formula is C11H9NO4. The normalized spacial score (nSPS) is 10.3. The van der Waals surface area contributed by atoms with Gasteiger partial charge in [0.15, 0.2) is 0 Å². The van der Waals surface area contributed by atoms with Crippen LogP contribution in [0.5, 0.6) is 5.88 Å². The van der Waals surface area contributed by atoms with Gasteiger partial charge in [-0.05, 0) is 6.07 Å². The van der Waals surface area contributed by atoms with Crippen LogP contribution in [0.1, 0.15) is 10.4 Å². The second kappa shape index (κ2) is 3.69. The van der Waals surface area contributed by atoms with E-state index in [4.69, 9.17) is 9.84 Å². The number of benzene rings is 1. The van der Waals surface area contributed by atoms with Crippen LogP contribution in [0.3, 0.4) is 0 Å². The minimum Gasteiger partial charge on any atom is -0.482 e. The standard InChI is InChI=1S/C11H9NO4/c1-16-10-8(9(13)11(14)15)6-4-2-3-5-7(6)12-10/h2-5,12H,1H3,(H,14,15). The number of nitrogens with one attached hydrogen (secondary N) is 1. The van der Waals surface area contributed by atoms with Crippen LogP contribution in [0.2, 0.25) is 0 Å². The smallest absolute Gasteiger partial charge is 0.377 e. The van der Waals surface area contributed by atoms with E-state index in [-0.39, 0.29) is 11.4 Å². The van der Waals surface area contributed by atoms with E-state index in [0.717, 1.165) is 0 Å². The fourth-order valence-electron chi connectivity index (χ4n) is 1.60. The van der Waals surface area contributed by atoms with Gasteiger partial charge in [-0.3, -0.25) is 4.79 Å². The first-order chi connectivity index (χ1) is 7.65. The van der Waals surface area contributed by atoms with E-state index in [9.17, 15) is 9.59 Å². The van der Waals surface area contributed by atoms with E-state index in [1.54, 1.807) is 24.3 Å². The van der Waals surface area contributed by atoms with Gasteiger partial charge in [0.1, 0.15) is 0 Å². The van der Waals surface area contributed by atoms with Crippen molar-refractivity contribution in [3.05, 3.63) is 29.8 Å². The van der Waals surface area contributed by atoms with Crippen molar-refractivity contribution in [1.82, 2.24) is 4.98 Å². The SMILES string of the molecule is COc1[nH]c2ccccc2c1C(=O)C(=O)O. The molecule has 1 heterocycles. The molecule has 5 nitrogen and oxygen atoms in total. The number of ketones is 1. The number of aliphatic carboxylic acids is 1. The lowest BCUT2D eigenvalue weighted by Crippen LogP contribution is -2.13. The number of carboxylic acids is 1. The number of hydrogen-bond acceptors (Lipinski definition) is 3. The third-order valence-electron chi connectivity index (χ3n) is 2.30. The van der Waals surface area contributed by atoms with Crippen LogP contribution >= 0.6 is 0 Å². The molecule has 0 fully saturated rings. The van der Waals surface area contributed by atoms with Crippen LogP contribution in [-0.2, 0) is 4.79 Å². The number of carbonyl (C=O) groups excluding carboxylic acids is 1. The first-order valence-electron chi connectivity index (χ1n) is 4.57. The van der Waals surface area contributed by atoms with Crippen molar-refractivity contribution < 1.29 is 19.4 Å². The zero-order chi connectivity index (χ0) is 11.7. The molecule has 2 rings (SSSR count). The fraction of sp³-hybridized carbons (Fsp3) is 0.0909. The Bertz CT molecular complexity index is 570. The number of carboxylic acid groups (broad SMARTS) is 1. The molecule has 5 heteroatoms. The van der Waals surface area contributed by atoms with Crippen LogP contribution in [0.15, 0.2) is 24.3 Å². The van der Waals surface area contributed by atoms with E-state index >= 15 is 0 Å². The Labute approximate surface area is 90.6 Å². The van der Waals surface area contributed by atoms with Gasteiger partial charge >= 0.3 is 5.97 Å². The number of rotatable bonds is 3. The molecule has 2 N–H and O–H groups in total. The second-order valence-electron chi connectivity index (χ2n) is 3.21. The zero-order valence-corrected chi connectivity index (χ0v) is 8.48. The second-order valence-corrected chi connectivity index (χ2v) is 3.21. The average Bonchev–Trinajstić information content (AvgIpc) is 2.66. The lowest BCUT2D eigenvalue weighted by Gasteiger charge is -1.98. The molecule has 0 radical (unpaired) electrons. The molecule has 2 aromatic rings.